The summed E-state index contributed by atoms with van der Waals surface area (Å²) >= 11 is 1.43. The molecule has 0 bridgehead atoms. The number of amides is 1. The van der Waals surface area contributed by atoms with Crippen molar-refractivity contribution in [3.63, 3.8) is 0 Å². The lowest BCUT2D eigenvalue weighted by atomic mass is 10.2. The van der Waals surface area contributed by atoms with Gasteiger partial charge in [0.15, 0.2) is 16.6 Å². The van der Waals surface area contributed by atoms with Gasteiger partial charge in [0.1, 0.15) is 12.4 Å². The zero-order chi connectivity index (χ0) is 18.8. The van der Waals surface area contributed by atoms with Crippen molar-refractivity contribution in [3.05, 3.63) is 29.0 Å². The maximum Gasteiger partial charge on any atom is 0.246 e. The molecule has 1 N–H and O–H groups in total. The van der Waals surface area contributed by atoms with Crippen molar-refractivity contribution >= 4 is 33.4 Å². The van der Waals surface area contributed by atoms with Gasteiger partial charge in [0.25, 0.3) is 0 Å². The van der Waals surface area contributed by atoms with Crippen LogP contribution in [-0.2, 0) is 11.3 Å². The van der Waals surface area contributed by atoms with Crippen molar-refractivity contribution in [1.29, 1.82) is 0 Å². The number of benzene rings is 1. The molecule has 3 aromatic rings. The minimum atomic E-state index is -0.146. The van der Waals surface area contributed by atoms with Gasteiger partial charge in [-0.15, -0.1) is 11.3 Å². The second-order valence-electron chi connectivity index (χ2n) is 6.22. The Kier molecular flexibility index (Phi) is 5.13. The Hall–Kier alpha value is -2.61. The summed E-state index contributed by atoms with van der Waals surface area (Å²) in [6, 6.07) is 3.65. The third kappa shape index (κ3) is 3.50. The lowest BCUT2D eigenvalue weighted by Crippen LogP contribution is -2.19. The van der Waals surface area contributed by atoms with E-state index in [2.05, 4.69) is 29.1 Å². The topological polar surface area (TPSA) is 78.3 Å². The average molecular weight is 374 g/mol. The number of thiazole rings is 1. The molecule has 8 heteroatoms. The van der Waals surface area contributed by atoms with Crippen LogP contribution in [0.25, 0.3) is 11.0 Å². The molecule has 0 saturated carbocycles. The van der Waals surface area contributed by atoms with Gasteiger partial charge in [-0.05, 0) is 12.8 Å². The van der Waals surface area contributed by atoms with E-state index in [0.29, 0.717) is 22.5 Å². The van der Waals surface area contributed by atoms with Gasteiger partial charge in [0.05, 0.1) is 30.9 Å². The molecule has 0 aliphatic rings. The first-order chi connectivity index (χ1) is 12.4. The van der Waals surface area contributed by atoms with Crippen molar-refractivity contribution in [2.75, 3.05) is 19.5 Å². The van der Waals surface area contributed by atoms with E-state index in [4.69, 9.17) is 9.47 Å². The van der Waals surface area contributed by atoms with Crippen molar-refractivity contribution in [2.24, 2.45) is 0 Å². The number of nitrogens with zero attached hydrogens (tertiary/aromatic N) is 3. The van der Waals surface area contributed by atoms with Crippen LogP contribution in [0.2, 0.25) is 0 Å². The number of ether oxygens (including phenoxy) is 2. The zero-order valence-corrected chi connectivity index (χ0v) is 16.3. The van der Waals surface area contributed by atoms with Gasteiger partial charge >= 0.3 is 0 Å². The Bertz CT molecular complexity index is 945. The summed E-state index contributed by atoms with van der Waals surface area (Å²) in [4.78, 5) is 21.4. The molecule has 0 fully saturated rings. The Morgan fingerprint density at radius 3 is 2.54 bits per heavy atom. The number of aromatic nitrogens is 3. The second kappa shape index (κ2) is 7.33. The van der Waals surface area contributed by atoms with E-state index in [1.54, 1.807) is 14.2 Å². The summed E-state index contributed by atoms with van der Waals surface area (Å²) in [6.07, 6.45) is 0. The normalized spacial score (nSPS) is 11.2. The third-order valence-corrected chi connectivity index (χ3v) is 4.88. The summed E-state index contributed by atoms with van der Waals surface area (Å²) in [7, 11) is 3.17. The Morgan fingerprint density at radius 1 is 1.23 bits per heavy atom. The molecule has 7 nitrogen and oxygen atoms in total. The van der Waals surface area contributed by atoms with Crippen molar-refractivity contribution < 1.29 is 14.3 Å². The molecule has 138 valence electrons. The van der Waals surface area contributed by atoms with E-state index >= 15 is 0 Å². The number of nitrogens with one attached hydrogen (secondary N) is 1. The number of anilines is 1. The number of hydrogen-bond donors (Lipinski definition) is 1. The average Bonchev–Trinajstić information content (AvgIpc) is 3.18. The van der Waals surface area contributed by atoms with Gasteiger partial charge in [-0.2, -0.15) is 0 Å². The predicted octanol–water partition coefficient (Wildman–Crippen LogP) is 3.58. The minimum absolute atomic E-state index is 0.146. The maximum absolute atomic E-state index is 12.5. The lowest BCUT2D eigenvalue weighted by molar-refractivity contribution is -0.116. The van der Waals surface area contributed by atoms with Crippen molar-refractivity contribution in [1.82, 2.24) is 14.5 Å². The minimum Gasteiger partial charge on any atom is -0.493 e. The van der Waals surface area contributed by atoms with Crippen LogP contribution >= 0.6 is 11.3 Å². The molecule has 0 radical (unpaired) electrons. The number of carbonyl (C=O) groups is 1. The van der Waals surface area contributed by atoms with Crippen molar-refractivity contribution in [2.45, 2.75) is 33.2 Å². The fraction of sp³-hybridized carbons (Fsp3) is 0.389. The smallest absolute Gasteiger partial charge is 0.246 e. The fourth-order valence-corrected chi connectivity index (χ4v) is 3.57. The summed E-state index contributed by atoms with van der Waals surface area (Å²) in [5.41, 5.74) is 2.55. The van der Waals surface area contributed by atoms with E-state index in [1.807, 2.05) is 29.0 Å². The molecule has 0 spiro atoms. The first kappa shape index (κ1) is 18.2. The van der Waals surface area contributed by atoms with Crippen LogP contribution in [0.5, 0.6) is 11.5 Å². The van der Waals surface area contributed by atoms with Gasteiger partial charge in [-0.3, -0.25) is 4.79 Å². The summed E-state index contributed by atoms with van der Waals surface area (Å²) < 4.78 is 12.5. The fourth-order valence-electron chi connectivity index (χ4n) is 2.68. The Labute approximate surface area is 156 Å². The Morgan fingerprint density at radius 2 is 1.92 bits per heavy atom. The first-order valence-electron chi connectivity index (χ1n) is 8.27. The molecule has 1 aromatic carbocycles. The largest absolute Gasteiger partial charge is 0.493 e. The number of rotatable bonds is 6. The number of aryl methyl sites for hydroxylation is 1. The highest BCUT2D eigenvalue weighted by Crippen LogP contribution is 2.32. The van der Waals surface area contributed by atoms with Crippen LogP contribution in [-0.4, -0.2) is 34.7 Å². The van der Waals surface area contributed by atoms with E-state index in [1.165, 1.54) is 11.3 Å². The van der Waals surface area contributed by atoms with Crippen LogP contribution in [0.15, 0.2) is 17.5 Å². The van der Waals surface area contributed by atoms with Gasteiger partial charge in [0.2, 0.25) is 5.91 Å². The number of carbonyl (C=O) groups excluding carboxylic acids is 1. The van der Waals surface area contributed by atoms with E-state index in [-0.39, 0.29) is 12.5 Å². The summed E-state index contributed by atoms with van der Waals surface area (Å²) in [6.45, 7) is 6.16. The van der Waals surface area contributed by atoms with Crippen LogP contribution in [0.1, 0.15) is 31.3 Å². The van der Waals surface area contributed by atoms with Crippen molar-refractivity contribution in [3.8, 4) is 11.5 Å². The maximum atomic E-state index is 12.5. The number of fused-ring (bicyclic) bond motifs is 1. The molecule has 3 rings (SSSR count). The quantitative estimate of drug-likeness (QED) is 0.713. The van der Waals surface area contributed by atoms with Gasteiger partial charge < -0.3 is 19.4 Å². The Balaban J connectivity index is 1.85. The first-order valence-corrected chi connectivity index (χ1v) is 9.15. The third-order valence-electron chi connectivity index (χ3n) is 4.11. The highest BCUT2D eigenvalue weighted by Gasteiger charge is 2.16. The molecule has 0 atom stereocenters. The molecule has 0 aliphatic carbocycles. The van der Waals surface area contributed by atoms with E-state index < -0.39 is 0 Å². The highest BCUT2D eigenvalue weighted by molar-refractivity contribution is 7.13. The monoisotopic (exact) mass is 374 g/mol. The zero-order valence-electron chi connectivity index (χ0n) is 15.5. The second-order valence-corrected chi connectivity index (χ2v) is 7.08. The van der Waals surface area contributed by atoms with Crippen LogP contribution < -0.4 is 14.8 Å². The predicted molar refractivity (Wildman–Crippen MR) is 102 cm³/mol. The molecular formula is C18H22N4O3S. The SMILES string of the molecule is COc1cc2nc(C)n(CC(=O)Nc3nc(C(C)C)cs3)c2cc1OC. The molecule has 0 saturated heterocycles. The molecule has 26 heavy (non-hydrogen) atoms. The molecule has 0 unspecified atom stereocenters. The van der Waals surface area contributed by atoms with Crippen LogP contribution in [0, 0.1) is 6.92 Å². The molecule has 0 aliphatic heterocycles. The standard InChI is InChI=1S/C18H22N4O3S/c1-10(2)13-9-26-18(20-13)21-17(23)8-22-11(3)19-12-6-15(24-4)16(25-5)7-14(12)22/h6-7,9-10H,8H2,1-5H3,(H,20,21,23). The van der Waals surface area contributed by atoms with E-state index in [0.717, 1.165) is 22.6 Å². The molecular weight excluding hydrogens is 352 g/mol. The number of imidazole rings is 1. The van der Waals surface area contributed by atoms with Gasteiger partial charge in [0, 0.05) is 17.5 Å². The lowest BCUT2D eigenvalue weighted by Gasteiger charge is -2.09. The van der Waals surface area contributed by atoms with E-state index in [9.17, 15) is 4.79 Å². The summed E-state index contributed by atoms with van der Waals surface area (Å²) in [5.74, 6) is 2.14. The van der Waals surface area contributed by atoms with Gasteiger partial charge in [-0.25, -0.2) is 9.97 Å². The van der Waals surface area contributed by atoms with Crippen LogP contribution in [0.3, 0.4) is 0 Å². The van der Waals surface area contributed by atoms with Gasteiger partial charge in [-0.1, -0.05) is 13.8 Å². The molecule has 1 amide bonds. The molecule has 2 heterocycles. The number of methoxy groups -OCH3 is 2. The highest BCUT2D eigenvalue weighted by atomic mass is 32.1. The van der Waals surface area contributed by atoms with Crippen LogP contribution in [0.4, 0.5) is 5.13 Å². The molecule has 2 aromatic heterocycles. The number of hydrogen-bond acceptors (Lipinski definition) is 6. The summed E-state index contributed by atoms with van der Waals surface area (Å²) in [5, 5.41) is 5.44.